The van der Waals surface area contributed by atoms with Gasteiger partial charge in [-0.15, -0.1) is 0 Å². The lowest BCUT2D eigenvalue weighted by atomic mass is 9.89. The number of aryl methyl sites for hydroxylation is 2. The van der Waals surface area contributed by atoms with E-state index in [1.54, 1.807) is 10.8 Å². The number of fused-ring (bicyclic) bond motifs is 1. The number of piperidine rings is 1. The molecule has 1 saturated heterocycles. The minimum atomic E-state index is -0.140. The first kappa shape index (κ1) is 29.0. The molecule has 6 rings (SSSR count). The molecule has 0 unspecified atom stereocenters. The summed E-state index contributed by atoms with van der Waals surface area (Å²) >= 11 is 6.75. The highest BCUT2D eigenvalue weighted by atomic mass is 35.5. The second-order valence-electron chi connectivity index (χ2n) is 11.6. The maximum absolute atomic E-state index is 13.7. The number of likely N-dealkylation sites (tertiary alicyclic amines) is 1. The SMILES string of the molecule is CCn1c(=O)c(-c2ccc(-c3ccc(C)nc3)cc2Cl)cc2cnc(Nc3ccc(C4CCN(C(C)C)CC4)cc3)nc21. The predicted octanol–water partition coefficient (Wildman–Crippen LogP) is 7.83. The Balaban J connectivity index is 1.24. The fourth-order valence-corrected chi connectivity index (χ4v) is 6.26. The summed E-state index contributed by atoms with van der Waals surface area (Å²) < 4.78 is 1.68. The fraction of sp³-hybridized carbons (Fsp3) is 0.314. The largest absolute Gasteiger partial charge is 0.324 e. The van der Waals surface area contributed by atoms with Gasteiger partial charge in [-0.3, -0.25) is 14.3 Å². The molecule has 0 radical (unpaired) electrons. The number of halogens is 1. The first-order valence-electron chi connectivity index (χ1n) is 15.0. The molecule has 1 fully saturated rings. The van der Waals surface area contributed by atoms with Crippen LogP contribution >= 0.6 is 11.6 Å². The Morgan fingerprint density at radius 3 is 2.33 bits per heavy atom. The first-order chi connectivity index (χ1) is 20.8. The van der Waals surface area contributed by atoms with Crippen LogP contribution in [0.25, 0.3) is 33.3 Å². The van der Waals surface area contributed by atoms with Crippen molar-refractivity contribution < 1.29 is 0 Å². The van der Waals surface area contributed by atoms with Gasteiger partial charge in [-0.2, -0.15) is 4.98 Å². The van der Waals surface area contributed by atoms with Gasteiger partial charge in [-0.25, -0.2) is 4.98 Å². The molecule has 0 aliphatic carbocycles. The number of rotatable bonds is 7. The van der Waals surface area contributed by atoms with Crippen molar-refractivity contribution in [1.29, 1.82) is 0 Å². The first-order valence-corrected chi connectivity index (χ1v) is 15.4. The number of anilines is 2. The van der Waals surface area contributed by atoms with Gasteiger partial charge in [0.05, 0.1) is 0 Å². The van der Waals surface area contributed by atoms with Crippen LogP contribution in [0, 0.1) is 6.92 Å². The summed E-state index contributed by atoms with van der Waals surface area (Å²) in [6, 6.07) is 20.8. The summed E-state index contributed by atoms with van der Waals surface area (Å²) in [5.74, 6) is 1.05. The average Bonchev–Trinajstić information content (AvgIpc) is 3.02. The Bertz CT molecular complexity index is 1810. The standard InChI is InChI=1S/C35H37ClN6O/c1-5-42-33-28(18-31(34(42)43)30-13-10-26(19-32(30)36)27-7-6-23(4)37-20-27)21-38-35(40-33)39-29-11-8-24(9-12-29)25-14-16-41(17-15-25)22(2)3/h6-13,18-22,25H,5,14-17H2,1-4H3,(H,38,39,40). The van der Waals surface area contributed by atoms with E-state index >= 15 is 0 Å². The maximum Gasteiger partial charge on any atom is 0.260 e. The van der Waals surface area contributed by atoms with E-state index in [9.17, 15) is 4.79 Å². The summed E-state index contributed by atoms with van der Waals surface area (Å²) in [4.78, 5) is 30.0. The second-order valence-corrected chi connectivity index (χ2v) is 12.0. The number of pyridine rings is 2. The highest BCUT2D eigenvalue weighted by Crippen LogP contribution is 2.33. The molecule has 4 heterocycles. The Kier molecular flexibility index (Phi) is 8.28. The Morgan fingerprint density at radius 2 is 1.67 bits per heavy atom. The summed E-state index contributed by atoms with van der Waals surface area (Å²) in [5.41, 5.74) is 6.81. The molecule has 220 valence electrons. The molecule has 1 N–H and O–H groups in total. The third-order valence-corrected chi connectivity index (χ3v) is 8.86. The van der Waals surface area contributed by atoms with E-state index in [0.29, 0.717) is 46.2 Å². The topological polar surface area (TPSA) is 75.9 Å². The number of aromatic nitrogens is 4. The maximum atomic E-state index is 13.7. The van der Waals surface area contributed by atoms with Gasteiger partial charge in [0.15, 0.2) is 0 Å². The lowest BCUT2D eigenvalue weighted by Gasteiger charge is -2.34. The van der Waals surface area contributed by atoms with Crippen LogP contribution in [0.15, 0.2) is 77.9 Å². The second kappa shape index (κ2) is 12.3. The molecule has 7 nitrogen and oxygen atoms in total. The molecule has 0 atom stereocenters. The van der Waals surface area contributed by atoms with Crippen molar-refractivity contribution in [1.82, 2.24) is 24.4 Å². The lowest BCUT2D eigenvalue weighted by molar-refractivity contribution is 0.172. The van der Waals surface area contributed by atoms with Gasteiger partial charge in [0.25, 0.3) is 5.56 Å². The molecule has 8 heteroatoms. The number of hydrogen-bond acceptors (Lipinski definition) is 6. The third-order valence-electron chi connectivity index (χ3n) is 8.55. The molecule has 0 amide bonds. The van der Waals surface area contributed by atoms with Gasteiger partial charge < -0.3 is 10.2 Å². The van der Waals surface area contributed by atoms with E-state index in [1.807, 2.05) is 56.4 Å². The van der Waals surface area contributed by atoms with Gasteiger partial charge in [0.2, 0.25) is 5.95 Å². The molecule has 2 aromatic carbocycles. The minimum absolute atomic E-state index is 0.140. The minimum Gasteiger partial charge on any atom is -0.324 e. The lowest BCUT2D eigenvalue weighted by Crippen LogP contribution is -2.37. The van der Waals surface area contributed by atoms with Crippen LogP contribution in [0.1, 0.15) is 50.8 Å². The molecule has 0 spiro atoms. The zero-order chi connectivity index (χ0) is 30.1. The van der Waals surface area contributed by atoms with Crippen molar-refractivity contribution in [3.63, 3.8) is 0 Å². The number of benzene rings is 2. The highest BCUT2D eigenvalue weighted by Gasteiger charge is 2.22. The van der Waals surface area contributed by atoms with Gasteiger partial charge in [0, 0.05) is 63.5 Å². The van der Waals surface area contributed by atoms with Gasteiger partial charge in [-0.05, 0) is 101 Å². The van der Waals surface area contributed by atoms with Gasteiger partial charge in [0.1, 0.15) is 5.65 Å². The van der Waals surface area contributed by atoms with Crippen molar-refractivity contribution in [3.05, 3.63) is 99.7 Å². The Morgan fingerprint density at radius 1 is 0.930 bits per heavy atom. The molecule has 5 aromatic rings. The summed E-state index contributed by atoms with van der Waals surface area (Å²) in [5, 5.41) is 4.60. The van der Waals surface area contributed by atoms with Crippen LogP contribution < -0.4 is 10.9 Å². The van der Waals surface area contributed by atoms with Gasteiger partial charge >= 0.3 is 0 Å². The van der Waals surface area contributed by atoms with E-state index in [1.165, 1.54) is 18.4 Å². The molecule has 3 aromatic heterocycles. The van der Waals surface area contributed by atoms with Crippen LogP contribution in [0.5, 0.6) is 0 Å². The van der Waals surface area contributed by atoms with Crippen LogP contribution in [0.4, 0.5) is 11.6 Å². The van der Waals surface area contributed by atoms with Crippen LogP contribution in [0.3, 0.4) is 0 Å². The average molecular weight is 593 g/mol. The van der Waals surface area contributed by atoms with Crippen molar-refractivity contribution in [2.24, 2.45) is 0 Å². The van der Waals surface area contributed by atoms with Crippen molar-refractivity contribution in [2.45, 2.75) is 59.0 Å². The zero-order valence-corrected chi connectivity index (χ0v) is 25.9. The predicted molar refractivity (Wildman–Crippen MR) is 176 cm³/mol. The van der Waals surface area contributed by atoms with E-state index in [0.717, 1.165) is 41.0 Å². The molecular weight excluding hydrogens is 556 g/mol. The summed E-state index contributed by atoms with van der Waals surface area (Å²) in [6.45, 7) is 11.2. The van der Waals surface area contributed by atoms with Crippen molar-refractivity contribution in [3.8, 4) is 22.3 Å². The van der Waals surface area contributed by atoms with E-state index < -0.39 is 0 Å². The number of hydrogen-bond donors (Lipinski definition) is 1. The van der Waals surface area contributed by atoms with E-state index in [4.69, 9.17) is 16.6 Å². The van der Waals surface area contributed by atoms with Crippen LogP contribution in [0.2, 0.25) is 5.02 Å². The summed E-state index contributed by atoms with van der Waals surface area (Å²) in [7, 11) is 0. The number of nitrogens with one attached hydrogen (secondary N) is 1. The highest BCUT2D eigenvalue weighted by molar-refractivity contribution is 6.33. The van der Waals surface area contributed by atoms with Gasteiger partial charge in [-0.1, -0.05) is 41.9 Å². The molecule has 0 saturated carbocycles. The molecule has 0 bridgehead atoms. The number of nitrogens with zero attached hydrogens (tertiary/aromatic N) is 5. The molecule has 43 heavy (non-hydrogen) atoms. The smallest absolute Gasteiger partial charge is 0.260 e. The molecular formula is C35H37ClN6O. The van der Waals surface area contributed by atoms with Crippen molar-refractivity contribution >= 4 is 34.3 Å². The molecule has 1 aliphatic rings. The van der Waals surface area contributed by atoms with Crippen LogP contribution in [-0.4, -0.2) is 43.6 Å². The zero-order valence-electron chi connectivity index (χ0n) is 25.1. The fourth-order valence-electron chi connectivity index (χ4n) is 5.97. The van der Waals surface area contributed by atoms with Crippen LogP contribution in [-0.2, 0) is 6.54 Å². The van der Waals surface area contributed by atoms with E-state index in [2.05, 4.69) is 58.3 Å². The third kappa shape index (κ3) is 6.05. The van der Waals surface area contributed by atoms with E-state index in [-0.39, 0.29) is 5.56 Å². The molecule has 1 aliphatic heterocycles. The van der Waals surface area contributed by atoms with Crippen molar-refractivity contribution in [2.75, 3.05) is 18.4 Å². The summed E-state index contributed by atoms with van der Waals surface area (Å²) in [6.07, 6.45) is 5.97. The normalized spacial score (nSPS) is 14.5. The Hall–Kier alpha value is -4.07. The quantitative estimate of drug-likeness (QED) is 0.207. The Labute approximate surface area is 257 Å². The monoisotopic (exact) mass is 592 g/mol.